The van der Waals surface area contributed by atoms with Crippen LogP contribution in [-0.4, -0.2) is 60.3 Å². The summed E-state index contributed by atoms with van der Waals surface area (Å²) in [5.74, 6) is 0.996. The van der Waals surface area contributed by atoms with E-state index in [-0.39, 0.29) is 5.91 Å². The maximum absolute atomic E-state index is 12.2. The van der Waals surface area contributed by atoms with E-state index in [0.29, 0.717) is 24.7 Å². The molecule has 3 rings (SSSR count). The highest BCUT2D eigenvalue weighted by molar-refractivity contribution is 6.33. The van der Waals surface area contributed by atoms with E-state index in [1.165, 1.54) is 0 Å². The van der Waals surface area contributed by atoms with Crippen LogP contribution in [0.3, 0.4) is 0 Å². The quantitative estimate of drug-likeness (QED) is 0.788. The molecule has 6 nitrogen and oxygen atoms in total. The summed E-state index contributed by atoms with van der Waals surface area (Å²) in [4.78, 5) is 16.2. The first-order valence-corrected chi connectivity index (χ1v) is 9.39. The molecule has 1 N–H and O–H groups in total. The molecule has 0 spiro atoms. The van der Waals surface area contributed by atoms with Gasteiger partial charge >= 0.3 is 0 Å². The Kier molecular flexibility index (Phi) is 6.41. The molecule has 1 aromatic carbocycles. The monoisotopic (exact) mass is 373 g/mol. The summed E-state index contributed by atoms with van der Waals surface area (Å²) < 4.78 is 0. The zero-order valence-electron chi connectivity index (χ0n) is 15.0. The first-order valence-electron chi connectivity index (χ1n) is 9.01. The van der Waals surface area contributed by atoms with Crippen molar-refractivity contribution in [2.75, 3.05) is 44.2 Å². The van der Waals surface area contributed by atoms with Crippen molar-refractivity contribution in [2.24, 2.45) is 0 Å². The molecule has 2 aromatic rings. The predicted molar refractivity (Wildman–Crippen MR) is 104 cm³/mol. The van der Waals surface area contributed by atoms with Crippen LogP contribution in [0.4, 0.5) is 5.82 Å². The van der Waals surface area contributed by atoms with Crippen molar-refractivity contribution in [3.63, 3.8) is 0 Å². The molecule has 2 heterocycles. The molecule has 26 heavy (non-hydrogen) atoms. The third-order valence-corrected chi connectivity index (χ3v) is 4.79. The van der Waals surface area contributed by atoms with Gasteiger partial charge in [0.05, 0.1) is 17.3 Å². The van der Waals surface area contributed by atoms with Crippen LogP contribution in [0.25, 0.3) is 11.3 Å². The fourth-order valence-corrected chi connectivity index (χ4v) is 3.21. The number of hydrogen-bond acceptors (Lipinski definition) is 5. The average molecular weight is 374 g/mol. The summed E-state index contributed by atoms with van der Waals surface area (Å²) in [6.45, 7) is 6.33. The van der Waals surface area contributed by atoms with Gasteiger partial charge in [-0.05, 0) is 31.2 Å². The topological polar surface area (TPSA) is 61.4 Å². The minimum absolute atomic E-state index is 0.165. The Labute approximate surface area is 159 Å². The number of hydrogen-bond donors (Lipinski definition) is 1. The lowest BCUT2D eigenvalue weighted by atomic mass is 10.1. The number of amides is 1. The van der Waals surface area contributed by atoms with Gasteiger partial charge < -0.3 is 15.1 Å². The molecule has 1 fully saturated rings. The standard InChI is InChI=1S/C19H24ClN5O/c1-2-9-21-14-19(26)25-12-10-24(11-13-25)18-8-7-17(22-23-18)15-5-3-4-6-16(15)20/h3-8,21H,2,9-14H2,1H3. The maximum Gasteiger partial charge on any atom is 0.236 e. The van der Waals surface area contributed by atoms with Gasteiger partial charge in [0, 0.05) is 31.7 Å². The Balaban J connectivity index is 1.57. The van der Waals surface area contributed by atoms with E-state index >= 15 is 0 Å². The molecular formula is C19H24ClN5O. The van der Waals surface area contributed by atoms with E-state index in [9.17, 15) is 4.79 Å². The van der Waals surface area contributed by atoms with Crippen LogP contribution in [0, 0.1) is 0 Å². The van der Waals surface area contributed by atoms with Gasteiger partial charge in [0.25, 0.3) is 0 Å². The van der Waals surface area contributed by atoms with Gasteiger partial charge in [-0.25, -0.2) is 0 Å². The maximum atomic E-state index is 12.2. The van der Waals surface area contributed by atoms with E-state index in [2.05, 4.69) is 27.3 Å². The van der Waals surface area contributed by atoms with Gasteiger partial charge in [-0.1, -0.05) is 36.7 Å². The van der Waals surface area contributed by atoms with Crippen LogP contribution in [0.2, 0.25) is 5.02 Å². The third-order valence-electron chi connectivity index (χ3n) is 4.46. The number of halogens is 1. The minimum Gasteiger partial charge on any atom is -0.352 e. The molecule has 0 unspecified atom stereocenters. The highest BCUT2D eigenvalue weighted by Gasteiger charge is 2.21. The molecule has 0 radical (unpaired) electrons. The number of aromatic nitrogens is 2. The Bertz CT molecular complexity index is 729. The van der Waals surface area contributed by atoms with Crippen LogP contribution in [-0.2, 0) is 4.79 Å². The smallest absolute Gasteiger partial charge is 0.236 e. The molecule has 0 aliphatic carbocycles. The summed E-state index contributed by atoms with van der Waals surface area (Å²) in [6, 6.07) is 11.5. The Morgan fingerprint density at radius 3 is 2.54 bits per heavy atom. The summed E-state index contributed by atoms with van der Waals surface area (Å²) >= 11 is 6.22. The summed E-state index contributed by atoms with van der Waals surface area (Å²) in [6.07, 6.45) is 1.03. The summed E-state index contributed by atoms with van der Waals surface area (Å²) in [5.41, 5.74) is 1.64. The molecule has 0 saturated carbocycles. The van der Waals surface area contributed by atoms with Crippen molar-refractivity contribution in [3.05, 3.63) is 41.4 Å². The number of carbonyl (C=O) groups is 1. The number of benzene rings is 1. The van der Waals surface area contributed by atoms with E-state index in [0.717, 1.165) is 43.1 Å². The molecule has 1 aromatic heterocycles. The summed E-state index contributed by atoms with van der Waals surface area (Å²) in [5, 5.41) is 12.5. The van der Waals surface area contributed by atoms with Crippen molar-refractivity contribution in [1.82, 2.24) is 20.4 Å². The lowest BCUT2D eigenvalue weighted by Gasteiger charge is -2.35. The number of nitrogens with zero attached hydrogens (tertiary/aromatic N) is 4. The second kappa shape index (κ2) is 8.96. The molecule has 0 atom stereocenters. The van der Waals surface area contributed by atoms with E-state index in [1.807, 2.05) is 41.3 Å². The molecule has 1 aliphatic heterocycles. The van der Waals surface area contributed by atoms with Crippen molar-refractivity contribution < 1.29 is 4.79 Å². The molecule has 7 heteroatoms. The van der Waals surface area contributed by atoms with Crippen LogP contribution >= 0.6 is 11.6 Å². The predicted octanol–water partition coefficient (Wildman–Crippen LogP) is 2.45. The largest absolute Gasteiger partial charge is 0.352 e. The lowest BCUT2D eigenvalue weighted by molar-refractivity contribution is -0.130. The fourth-order valence-electron chi connectivity index (χ4n) is 2.98. The highest BCUT2D eigenvalue weighted by Crippen LogP contribution is 2.26. The SMILES string of the molecule is CCCNCC(=O)N1CCN(c2ccc(-c3ccccc3Cl)nn2)CC1. The van der Waals surface area contributed by atoms with Gasteiger partial charge in [0.15, 0.2) is 5.82 Å². The Hall–Kier alpha value is -2.18. The minimum atomic E-state index is 0.165. The average Bonchev–Trinajstić information content (AvgIpc) is 2.69. The number of rotatable bonds is 6. The molecular weight excluding hydrogens is 350 g/mol. The highest BCUT2D eigenvalue weighted by atomic mass is 35.5. The van der Waals surface area contributed by atoms with Crippen molar-refractivity contribution in [1.29, 1.82) is 0 Å². The van der Waals surface area contributed by atoms with Crippen molar-refractivity contribution >= 4 is 23.3 Å². The summed E-state index contributed by atoms with van der Waals surface area (Å²) in [7, 11) is 0. The van der Waals surface area contributed by atoms with Gasteiger partial charge in [0.2, 0.25) is 5.91 Å². The third kappa shape index (κ3) is 4.51. The van der Waals surface area contributed by atoms with Crippen LogP contribution in [0.1, 0.15) is 13.3 Å². The fraction of sp³-hybridized carbons (Fsp3) is 0.421. The van der Waals surface area contributed by atoms with Crippen LogP contribution in [0.5, 0.6) is 0 Å². The molecule has 1 aliphatic rings. The van der Waals surface area contributed by atoms with Gasteiger partial charge in [-0.15, -0.1) is 10.2 Å². The zero-order chi connectivity index (χ0) is 18.4. The number of anilines is 1. The zero-order valence-corrected chi connectivity index (χ0v) is 15.7. The molecule has 1 amide bonds. The molecule has 1 saturated heterocycles. The second-order valence-electron chi connectivity index (χ2n) is 6.30. The van der Waals surface area contributed by atoms with Gasteiger partial charge in [0.1, 0.15) is 0 Å². The van der Waals surface area contributed by atoms with E-state index in [1.54, 1.807) is 0 Å². The molecule has 0 bridgehead atoms. The van der Waals surface area contributed by atoms with Crippen molar-refractivity contribution in [2.45, 2.75) is 13.3 Å². The number of nitrogens with one attached hydrogen (secondary N) is 1. The number of piperazine rings is 1. The normalized spacial score (nSPS) is 14.5. The van der Waals surface area contributed by atoms with Gasteiger partial charge in [-0.3, -0.25) is 4.79 Å². The second-order valence-corrected chi connectivity index (χ2v) is 6.71. The van der Waals surface area contributed by atoms with Crippen LogP contribution < -0.4 is 10.2 Å². The van der Waals surface area contributed by atoms with E-state index in [4.69, 9.17) is 11.6 Å². The Morgan fingerprint density at radius 1 is 1.12 bits per heavy atom. The van der Waals surface area contributed by atoms with Gasteiger partial charge in [-0.2, -0.15) is 0 Å². The Morgan fingerprint density at radius 2 is 1.88 bits per heavy atom. The first-order chi connectivity index (χ1) is 12.7. The lowest BCUT2D eigenvalue weighted by Crippen LogP contribution is -2.51. The first kappa shape index (κ1) is 18.6. The van der Waals surface area contributed by atoms with Crippen LogP contribution in [0.15, 0.2) is 36.4 Å². The van der Waals surface area contributed by atoms with Crippen molar-refractivity contribution in [3.8, 4) is 11.3 Å². The number of carbonyl (C=O) groups excluding carboxylic acids is 1. The van der Waals surface area contributed by atoms with E-state index < -0.39 is 0 Å². The molecule has 138 valence electrons.